The molecule has 1 nitrogen and oxygen atoms in total. The Kier molecular flexibility index (Phi) is 8.71. The van der Waals surface area contributed by atoms with Crippen LogP contribution in [0.25, 0.3) is 0 Å². The minimum atomic E-state index is 0.711. The normalized spacial score (nSPS) is 27.1. The van der Waals surface area contributed by atoms with E-state index in [1.54, 1.807) is 0 Å². The Hall–Kier alpha value is -1.76. The summed E-state index contributed by atoms with van der Waals surface area (Å²) in [6.45, 7) is 5.22. The van der Waals surface area contributed by atoms with Crippen molar-refractivity contribution in [2.45, 2.75) is 96.3 Å². The standard InChI is InChI=1S/C31H44O/c1-3-32-31-21-19-30(20-22-31)29-17-15-26(16-18-29)10-9-25-11-13-27(14-12-25)23-24(2)28-7-5-4-6-8-28/h4-8,19-22,24-27,29H,3,9-18,23H2,1-2H3/t24-,25?,26?,27?,29?/m1/s1. The lowest BCUT2D eigenvalue weighted by atomic mass is 9.73. The Labute approximate surface area is 197 Å². The fourth-order valence-corrected chi connectivity index (χ4v) is 6.43. The van der Waals surface area contributed by atoms with Gasteiger partial charge in [0.1, 0.15) is 5.75 Å². The maximum absolute atomic E-state index is 5.60. The third-order valence-electron chi connectivity index (χ3n) is 8.51. The van der Waals surface area contributed by atoms with E-state index >= 15 is 0 Å². The first kappa shape index (κ1) is 23.4. The highest BCUT2D eigenvalue weighted by molar-refractivity contribution is 5.29. The van der Waals surface area contributed by atoms with Crippen LogP contribution in [-0.4, -0.2) is 6.61 Å². The molecule has 0 saturated heterocycles. The highest BCUT2D eigenvalue weighted by Crippen LogP contribution is 2.41. The lowest BCUT2D eigenvalue weighted by molar-refractivity contribution is 0.220. The van der Waals surface area contributed by atoms with Gasteiger partial charge in [0.15, 0.2) is 0 Å². The number of benzene rings is 2. The molecule has 0 radical (unpaired) electrons. The van der Waals surface area contributed by atoms with Gasteiger partial charge in [0.05, 0.1) is 6.61 Å². The Balaban J connectivity index is 1.12. The van der Waals surface area contributed by atoms with Gasteiger partial charge < -0.3 is 4.74 Å². The summed E-state index contributed by atoms with van der Waals surface area (Å²) in [4.78, 5) is 0. The van der Waals surface area contributed by atoms with Crippen molar-refractivity contribution in [2.75, 3.05) is 6.61 Å². The fourth-order valence-electron chi connectivity index (χ4n) is 6.43. The highest BCUT2D eigenvalue weighted by atomic mass is 16.5. The molecule has 0 aliphatic heterocycles. The number of ether oxygens (including phenoxy) is 1. The van der Waals surface area contributed by atoms with Gasteiger partial charge in [-0.05, 0) is 91.9 Å². The van der Waals surface area contributed by atoms with Gasteiger partial charge in [-0.15, -0.1) is 0 Å². The van der Waals surface area contributed by atoms with Gasteiger partial charge in [0.25, 0.3) is 0 Å². The summed E-state index contributed by atoms with van der Waals surface area (Å²) in [5.41, 5.74) is 3.05. The molecule has 2 fully saturated rings. The summed E-state index contributed by atoms with van der Waals surface area (Å²) >= 11 is 0. The van der Waals surface area contributed by atoms with Gasteiger partial charge in [-0.1, -0.05) is 87.9 Å². The van der Waals surface area contributed by atoms with Crippen LogP contribution in [0.5, 0.6) is 5.75 Å². The van der Waals surface area contributed by atoms with Crippen LogP contribution >= 0.6 is 0 Å². The van der Waals surface area contributed by atoms with E-state index in [1.165, 1.54) is 81.8 Å². The van der Waals surface area contributed by atoms with E-state index < -0.39 is 0 Å². The van der Waals surface area contributed by atoms with Gasteiger partial charge in [-0.2, -0.15) is 0 Å². The zero-order chi connectivity index (χ0) is 22.2. The van der Waals surface area contributed by atoms with E-state index in [4.69, 9.17) is 4.74 Å². The second kappa shape index (κ2) is 11.9. The SMILES string of the molecule is CCOc1ccc(C2CCC(CCC3CCC(C[C@@H](C)c4ccccc4)CC3)CC2)cc1. The van der Waals surface area contributed by atoms with Crippen LogP contribution in [0.3, 0.4) is 0 Å². The van der Waals surface area contributed by atoms with Gasteiger partial charge in [0, 0.05) is 0 Å². The van der Waals surface area contributed by atoms with Gasteiger partial charge in [-0.3, -0.25) is 0 Å². The minimum Gasteiger partial charge on any atom is -0.494 e. The average Bonchev–Trinajstić information content (AvgIpc) is 2.85. The lowest BCUT2D eigenvalue weighted by Crippen LogP contribution is -2.18. The predicted molar refractivity (Wildman–Crippen MR) is 136 cm³/mol. The molecule has 32 heavy (non-hydrogen) atoms. The predicted octanol–water partition coefficient (Wildman–Crippen LogP) is 9.14. The molecule has 0 unspecified atom stereocenters. The molecule has 2 aromatic carbocycles. The van der Waals surface area contributed by atoms with Crippen LogP contribution in [0.1, 0.15) is 107 Å². The van der Waals surface area contributed by atoms with Crippen LogP contribution < -0.4 is 4.74 Å². The molecular weight excluding hydrogens is 388 g/mol. The van der Waals surface area contributed by atoms with Gasteiger partial charge in [-0.25, -0.2) is 0 Å². The average molecular weight is 433 g/mol. The molecular formula is C31H44O. The third kappa shape index (κ3) is 6.63. The Morgan fingerprint density at radius 2 is 1.28 bits per heavy atom. The summed E-state index contributed by atoms with van der Waals surface area (Å²) in [6.07, 6.45) is 15.9. The molecule has 4 rings (SSSR count). The Morgan fingerprint density at radius 1 is 0.719 bits per heavy atom. The number of hydrogen-bond acceptors (Lipinski definition) is 1. The molecule has 174 valence electrons. The van der Waals surface area contributed by atoms with Gasteiger partial charge in [0.2, 0.25) is 0 Å². The molecule has 0 aromatic heterocycles. The minimum absolute atomic E-state index is 0.711. The zero-order valence-corrected chi connectivity index (χ0v) is 20.5. The van der Waals surface area contributed by atoms with Crippen molar-refractivity contribution >= 4 is 0 Å². The molecule has 0 amide bonds. The fraction of sp³-hybridized carbons (Fsp3) is 0.613. The molecule has 0 spiro atoms. The largest absolute Gasteiger partial charge is 0.494 e. The molecule has 2 aliphatic carbocycles. The smallest absolute Gasteiger partial charge is 0.119 e. The first-order valence-corrected chi connectivity index (χ1v) is 13.5. The summed E-state index contributed by atoms with van der Waals surface area (Å²) < 4.78 is 5.60. The van der Waals surface area contributed by atoms with E-state index in [0.717, 1.165) is 36.0 Å². The van der Waals surface area contributed by atoms with E-state index in [1.807, 2.05) is 6.92 Å². The van der Waals surface area contributed by atoms with Crippen LogP contribution in [0.4, 0.5) is 0 Å². The Morgan fingerprint density at radius 3 is 1.88 bits per heavy atom. The van der Waals surface area contributed by atoms with Crippen molar-refractivity contribution in [2.24, 2.45) is 17.8 Å². The van der Waals surface area contributed by atoms with E-state index in [9.17, 15) is 0 Å². The van der Waals surface area contributed by atoms with Crippen molar-refractivity contribution in [3.05, 3.63) is 65.7 Å². The summed E-state index contributed by atoms with van der Waals surface area (Å²) in [5, 5.41) is 0. The lowest BCUT2D eigenvalue weighted by Gasteiger charge is -2.33. The van der Waals surface area contributed by atoms with Crippen molar-refractivity contribution in [1.82, 2.24) is 0 Å². The van der Waals surface area contributed by atoms with E-state index in [0.29, 0.717) is 5.92 Å². The Bertz CT molecular complexity index is 764. The van der Waals surface area contributed by atoms with Crippen LogP contribution in [-0.2, 0) is 0 Å². The number of rotatable bonds is 9. The summed E-state index contributed by atoms with van der Waals surface area (Å²) in [6, 6.07) is 20.0. The van der Waals surface area contributed by atoms with Crippen LogP contribution in [0, 0.1) is 17.8 Å². The van der Waals surface area contributed by atoms with Crippen molar-refractivity contribution < 1.29 is 4.74 Å². The quantitative estimate of drug-likeness (QED) is 0.384. The molecule has 0 N–H and O–H groups in total. The first-order valence-electron chi connectivity index (χ1n) is 13.5. The van der Waals surface area contributed by atoms with Crippen molar-refractivity contribution in [3.8, 4) is 5.75 Å². The highest BCUT2D eigenvalue weighted by Gasteiger charge is 2.26. The maximum Gasteiger partial charge on any atom is 0.119 e. The van der Waals surface area contributed by atoms with Crippen LogP contribution in [0.15, 0.2) is 54.6 Å². The first-order chi connectivity index (χ1) is 15.7. The number of hydrogen-bond donors (Lipinski definition) is 0. The van der Waals surface area contributed by atoms with Gasteiger partial charge >= 0.3 is 0 Å². The molecule has 1 heteroatoms. The van der Waals surface area contributed by atoms with Crippen molar-refractivity contribution in [3.63, 3.8) is 0 Å². The molecule has 1 atom stereocenters. The monoisotopic (exact) mass is 432 g/mol. The molecule has 2 aromatic rings. The van der Waals surface area contributed by atoms with Crippen LogP contribution in [0.2, 0.25) is 0 Å². The molecule has 2 saturated carbocycles. The third-order valence-corrected chi connectivity index (χ3v) is 8.51. The van der Waals surface area contributed by atoms with E-state index in [-0.39, 0.29) is 0 Å². The second-order valence-corrected chi connectivity index (χ2v) is 10.7. The topological polar surface area (TPSA) is 9.23 Å². The summed E-state index contributed by atoms with van der Waals surface area (Å²) in [5.74, 6) is 5.42. The zero-order valence-electron chi connectivity index (χ0n) is 20.5. The second-order valence-electron chi connectivity index (χ2n) is 10.7. The molecule has 0 bridgehead atoms. The van der Waals surface area contributed by atoms with E-state index in [2.05, 4.69) is 61.5 Å². The van der Waals surface area contributed by atoms with Crippen molar-refractivity contribution in [1.29, 1.82) is 0 Å². The maximum atomic E-state index is 5.60. The summed E-state index contributed by atoms with van der Waals surface area (Å²) in [7, 11) is 0. The molecule has 2 aliphatic rings. The molecule has 0 heterocycles.